The fourth-order valence-electron chi connectivity index (χ4n) is 4.10. The van der Waals surface area contributed by atoms with Crippen LogP contribution in [0.15, 0.2) is 72.8 Å². The molecule has 0 aliphatic carbocycles. The van der Waals surface area contributed by atoms with Gasteiger partial charge in [0.15, 0.2) is 0 Å². The number of aromatic nitrogens is 1. The number of halogens is 2. The van der Waals surface area contributed by atoms with Gasteiger partial charge in [-0.1, -0.05) is 72.6 Å². The summed E-state index contributed by atoms with van der Waals surface area (Å²) in [4.78, 5) is 32.7. The van der Waals surface area contributed by atoms with Crippen molar-refractivity contribution in [1.29, 1.82) is 0 Å². The Kier molecular flexibility index (Phi) is 5.52. The highest BCUT2D eigenvalue weighted by atomic mass is 35.5. The molecule has 1 aliphatic rings. The largest absolute Gasteiger partial charge is 0.437 e. The van der Waals surface area contributed by atoms with Crippen LogP contribution in [0.1, 0.15) is 35.5 Å². The number of carbonyl (C=O) groups is 2. The second-order valence-corrected chi connectivity index (χ2v) is 8.44. The average Bonchev–Trinajstić information content (AvgIpc) is 3.11. The number of pyridine rings is 1. The van der Waals surface area contributed by atoms with Crippen molar-refractivity contribution in [2.45, 2.75) is 19.6 Å². The maximum atomic E-state index is 13.9. The first kappa shape index (κ1) is 21.4. The molecule has 7 heteroatoms. The van der Waals surface area contributed by atoms with Crippen LogP contribution in [0, 0.1) is 0 Å². The molecule has 0 saturated heterocycles. The van der Waals surface area contributed by atoms with Gasteiger partial charge in [-0.25, -0.2) is 4.98 Å². The standard InChI is InChI=1S/C26H18Cl2N2O3/c1-2-21(31)33-26-23-22(25(32)30(26)20-11-7-6-10-18(20)28)17-14-16(27)12-13-19(17)29-24(23)15-8-4-3-5-9-15/h3-14,26H,2H2,1H3. The molecule has 1 atom stereocenters. The van der Waals surface area contributed by atoms with E-state index in [9.17, 15) is 9.59 Å². The molecule has 33 heavy (non-hydrogen) atoms. The molecular formula is C26H18Cl2N2O3. The molecule has 1 aromatic heterocycles. The molecule has 0 radical (unpaired) electrons. The van der Waals surface area contributed by atoms with Gasteiger partial charge in [-0.15, -0.1) is 0 Å². The highest BCUT2D eigenvalue weighted by Crippen LogP contribution is 2.47. The highest BCUT2D eigenvalue weighted by molar-refractivity contribution is 6.35. The van der Waals surface area contributed by atoms with Gasteiger partial charge in [0.1, 0.15) is 0 Å². The number of rotatable bonds is 4. The molecule has 1 aliphatic heterocycles. The smallest absolute Gasteiger partial charge is 0.307 e. The van der Waals surface area contributed by atoms with E-state index in [4.69, 9.17) is 32.9 Å². The number of hydrogen-bond donors (Lipinski definition) is 0. The highest BCUT2D eigenvalue weighted by Gasteiger charge is 2.44. The summed E-state index contributed by atoms with van der Waals surface area (Å²) in [6, 6.07) is 21.7. The van der Waals surface area contributed by atoms with Crippen LogP contribution in [0.3, 0.4) is 0 Å². The van der Waals surface area contributed by atoms with Crippen molar-refractivity contribution in [3.63, 3.8) is 0 Å². The normalized spacial score (nSPS) is 15.1. The molecule has 1 unspecified atom stereocenters. The summed E-state index contributed by atoms with van der Waals surface area (Å²) in [6.45, 7) is 1.70. The summed E-state index contributed by atoms with van der Waals surface area (Å²) in [6.07, 6.45) is -0.866. The Bertz CT molecular complexity index is 1410. The number of esters is 1. The van der Waals surface area contributed by atoms with Crippen molar-refractivity contribution >= 4 is 51.7 Å². The molecule has 2 heterocycles. The lowest BCUT2D eigenvalue weighted by atomic mass is 9.98. The van der Waals surface area contributed by atoms with Crippen LogP contribution in [-0.4, -0.2) is 16.9 Å². The number of fused-ring (bicyclic) bond motifs is 3. The minimum atomic E-state index is -1.02. The van der Waals surface area contributed by atoms with E-state index in [-0.39, 0.29) is 12.3 Å². The maximum absolute atomic E-state index is 13.9. The molecule has 0 bridgehead atoms. The van der Waals surface area contributed by atoms with Crippen molar-refractivity contribution in [2.75, 3.05) is 4.90 Å². The van der Waals surface area contributed by atoms with Crippen molar-refractivity contribution in [1.82, 2.24) is 4.98 Å². The molecule has 5 nitrogen and oxygen atoms in total. The van der Waals surface area contributed by atoms with E-state index >= 15 is 0 Å². The Labute approximate surface area is 200 Å². The second kappa shape index (κ2) is 8.50. The fraction of sp³-hybridized carbons (Fsp3) is 0.115. The van der Waals surface area contributed by atoms with Crippen LogP contribution in [0.4, 0.5) is 5.69 Å². The summed E-state index contributed by atoms with van der Waals surface area (Å²) in [5.41, 5.74) is 3.35. The van der Waals surface area contributed by atoms with Gasteiger partial charge in [-0.3, -0.25) is 14.5 Å². The number of para-hydroxylation sites is 1. The SMILES string of the molecule is CCC(=O)OC1c2c(-c3ccccc3)nc3ccc(Cl)cc3c2C(=O)N1c1ccccc1Cl. The number of carbonyl (C=O) groups excluding carboxylic acids is 2. The van der Waals surface area contributed by atoms with Crippen LogP contribution < -0.4 is 4.90 Å². The second-order valence-electron chi connectivity index (χ2n) is 7.60. The molecule has 164 valence electrons. The molecule has 0 spiro atoms. The first-order valence-corrected chi connectivity index (χ1v) is 11.2. The zero-order valence-electron chi connectivity index (χ0n) is 17.6. The monoisotopic (exact) mass is 476 g/mol. The number of ether oxygens (including phenoxy) is 1. The van der Waals surface area contributed by atoms with E-state index in [2.05, 4.69) is 0 Å². The van der Waals surface area contributed by atoms with E-state index in [0.717, 1.165) is 5.56 Å². The van der Waals surface area contributed by atoms with Crippen LogP contribution in [0.2, 0.25) is 10.0 Å². The Morgan fingerprint density at radius 3 is 2.48 bits per heavy atom. The first-order valence-electron chi connectivity index (χ1n) is 10.5. The molecule has 0 saturated carbocycles. The Balaban J connectivity index is 1.86. The first-order chi connectivity index (χ1) is 16.0. The summed E-state index contributed by atoms with van der Waals surface area (Å²) in [5.74, 6) is -0.776. The van der Waals surface area contributed by atoms with E-state index in [1.807, 2.05) is 30.3 Å². The Hall–Kier alpha value is -3.41. The number of hydrogen-bond acceptors (Lipinski definition) is 4. The average molecular weight is 477 g/mol. The van der Waals surface area contributed by atoms with Gasteiger partial charge in [0.25, 0.3) is 5.91 Å². The zero-order chi connectivity index (χ0) is 23.1. The molecule has 5 rings (SSSR count). The van der Waals surface area contributed by atoms with Crippen molar-refractivity contribution in [3.05, 3.63) is 94.0 Å². The van der Waals surface area contributed by atoms with Crippen LogP contribution in [0.25, 0.3) is 22.2 Å². The summed E-state index contributed by atoms with van der Waals surface area (Å²) < 4.78 is 5.86. The Morgan fingerprint density at radius 1 is 1.03 bits per heavy atom. The lowest BCUT2D eigenvalue weighted by Crippen LogP contribution is -2.31. The summed E-state index contributed by atoms with van der Waals surface area (Å²) >= 11 is 12.8. The van der Waals surface area contributed by atoms with Crippen LogP contribution in [0.5, 0.6) is 0 Å². The molecule has 0 N–H and O–H groups in total. The summed E-state index contributed by atoms with van der Waals surface area (Å²) in [5, 5.41) is 1.44. The van der Waals surface area contributed by atoms with Crippen molar-refractivity contribution < 1.29 is 14.3 Å². The van der Waals surface area contributed by atoms with E-state index in [1.54, 1.807) is 49.4 Å². The lowest BCUT2D eigenvalue weighted by Gasteiger charge is -2.26. The van der Waals surface area contributed by atoms with Crippen molar-refractivity contribution in [3.8, 4) is 11.3 Å². The molecule has 3 aromatic carbocycles. The molecule has 4 aromatic rings. The third kappa shape index (κ3) is 3.63. The van der Waals surface area contributed by atoms with Crippen molar-refractivity contribution in [2.24, 2.45) is 0 Å². The predicted octanol–water partition coefficient (Wildman–Crippen LogP) is 6.82. The maximum Gasteiger partial charge on any atom is 0.307 e. The number of nitrogens with zero attached hydrogens (tertiary/aromatic N) is 2. The predicted molar refractivity (Wildman–Crippen MR) is 130 cm³/mol. The van der Waals surface area contributed by atoms with Gasteiger partial charge in [-0.05, 0) is 30.3 Å². The van der Waals surface area contributed by atoms with E-state index < -0.39 is 12.2 Å². The number of amides is 1. The van der Waals surface area contributed by atoms with Gasteiger partial charge in [0.05, 0.1) is 33.0 Å². The van der Waals surface area contributed by atoms with Gasteiger partial charge in [-0.2, -0.15) is 0 Å². The third-order valence-corrected chi connectivity index (χ3v) is 6.14. The minimum Gasteiger partial charge on any atom is -0.437 e. The van der Waals surface area contributed by atoms with Crippen LogP contribution in [-0.2, 0) is 9.53 Å². The van der Waals surface area contributed by atoms with Gasteiger partial charge < -0.3 is 4.74 Å². The quantitative estimate of drug-likeness (QED) is 0.303. The Morgan fingerprint density at radius 2 is 1.76 bits per heavy atom. The molecular weight excluding hydrogens is 459 g/mol. The molecule has 0 fully saturated rings. The fourth-order valence-corrected chi connectivity index (χ4v) is 4.49. The van der Waals surface area contributed by atoms with E-state index in [0.29, 0.717) is 43.5 Å². The molecule has 1 amide bonds. The van der Waals surface area contributed by atoms with Gasteiger partial charge >= 0.3 is 5.97 Å². The third-order valence-electron chi connectivity index (χ3n) is 5.59. The topological polar surface area (TPSA) is 59.5 Å². The number of benzene rings is 3. The zero-order valence-corrected chi connectivity index (χ0v) is 19.1. The van der Waals surface area contributed by atoms with Crippen LogP contribution >= 0.6 is 23.2 Å². The summed E-state index contributed by atoms with van der Waals surface area (Å²) in [7, 11) is 0. The van der Waals surface area contributed by atoms with Gasteiger partial charge in [0, 0.05) is 22.4 Å². The lowest BCUT2D eigenvalue weighted by molar-refractivity contribution is -0.148. The minimum absolute atomic E-state index is 0.157. The number of anilines is 1. The van der Waals surface area contributed by atoms with Gasteiger partial charge in [0.2, 0.25) is 6.23 Å². The van der Waals surface area contributed by atoms with E-state index in [1.165, 1.54) is 4.90 Å².